The Bertz CT molecular complexity index is 631. The highest BCUT2D eigenvalue weighted by atomic mass is 35.5. The Morgan fingerprint density at radius 2 is 2.19 bits per heavy atom. The second kappa shape index (κ2) is 10.9. The first-order chi connectivity index (χ1) is 12.1. The summed E-state index contributed by atoms with van der Waals surface area (Å²) in [6.07, 6.45) is 5.22. The fraction of sp³-hybridized carbons (Fsp3) is 0.647. The molecule has 0 bridgehead atoms. The van der Waals surface area contributed by atoms with Gasteiger partial charge in [0.25, 0.3) is 11.5 Å². The number of aromatic nitrogens is 2. The summed E-state index contributed by atoms with van der Waals surface area (Å²) >= 11 is 0. The third kappa shape index (κ3) is 5.81. The summed E-state index contributed by atoms with van der Waals surface area (Å²) in [5.74, 6) is -0.502. The molecule has 2 unspecified atom stereocenters. The molecule has 0 aromatic carbocycles. The largest absolute Gasteiger partial charge is 0.350 e. The van der Waals surface area contributed by atoms with Crippen molar-refractivity contribution < 1.29 is 9.59 Å². The normalized spacial score (nSPS) is 17.9. The molecule has 1 aliphatic rings. The molecule has 0 spiro atoms. The van der Waals surface area contributed by atoms with E-state index in [1.54, 1.807) is 4.90 Å². The van der Waals surface area contributed by atoms with Gasteiger partial charge in [-0.15, -0.1) is 12.4 Å². The van der Waals surface area contributed by atoms with E-state index >= 15 is 0 Å². The van der Waals surface area contributed by atoms with Crippen LogP contribution in [0.25, 0.3) is 0 Å². The molecule has 0 saturated carbocycles. The molecule has 8 nitrogen and oxygen atoms in total. The van der Waals surface area contributed by atoms with Gasteiger partial charge in [-0.3, -0.25) is 14.4 Å². The molecule has 1 aliphatic heterocycles. The van der Waals surface area contributed by atoms with E-state index in [1.165, 1.54) is 12.1 Å². The first kappa shape index (κ1) is 22.1. The average Bonchev–Trinajstić information content (AvgIpc) is 2.65. The van der Waals surface area contributed by atoms with Crippen LogP contribution < -0.4 is 16.6 Å². The van der Waals surface area contributed by atoms with Crippen LogP contribution >= 0.6 is 12.4 Å². The number of nitrogens with zero attached hydrogens (tertiary/aromatic N) is 2. The van der Waals surface area contributed by atoms with Gasteiger partial charge in [-0.05, 0) is 31.7 Å². The molecule has 1 aromatic rings. The monoisotopic (exact) mass is 385 g/mol. The Morgan fingerprint density at radius 1 is 1.42 bits per heavy atom. The van der Waals surface area contributed by atoms with Crippen molar-refractivity contribution in [3.05, 3.63) is 28.2 Å². The highest BCUT2D eigenvalue weighted by Crippen LogP contribution is 2.19. The van der Waals surface area contributed by atoms with Crippen LogP contribution in [0.5, 0.6) is 0 Å². The molecule has 9 heteroatoms. The van der Waals surface area contributed by atoms with Crippen LogP contribution in [-0.4, -0.2) is 52.1 Å². The van der Waals surface area contributed by atoms with Crippen LogP contribution in [0.2, 0.25) is 0 Å². The lowest BCUT2D eigenvalue weighted by molar-refractivity contribution is -0.127. The van der Waals surface area contributed by atoms with Crippen LogP contribution in [0.3, 0.4) is 0 Å². The van der Waals surface area contributed by atoms with E-state index in [0.717, 1.165) is 32.1 Å². The molecule has 0 radical (unpaired) electrons. The second-order valence-electron chi connectivity index (χ2n) is 6.40. The van der Waals surface area contributed by atoms with Crippen molar-refractivity contribution in [3.8, 4) is 0 Å². The SMILES string of the molecule is CCCCC(CN)NC(=O)C1CCCCN1C(=O)c1ccc(=O)[nH]n1.Cl. The van der Waals surface area contributed by atoms with Crippen molar-refractivity contribution in [1.29, 1.82) is 0 Å². The number of likely N-dealkylation sites (tertiary alicyclic amines) is 1. The van der Waals surface area contributed by atoms with E-state index in [1.807, 2.05) is 0 Å². The number of piperidine rings is 1. The standard InChI is InChI=1S/C17H27N5O3.ClH/c1-2-3-6-12(11-18)19-16(24)14-7-4-5-10-22(14)17(25)13-8-9-15(23)21-20-13;/h8-9,12,14H,2-7,10-11,18H2,1H3,(H,19,24)(H,21,23);1H. The lowest BCUT2D eigenvalue weighted by Crippen LogP contribution is -2.54. The van der Waals surface area contributed by atoms with E-state index in [4.69, 9.17) is 5.73 Å². The molecular weight excluding hydrogens is 358 g/mol. The van der Waals surface area contributed by atoms with Crippen molar-refractivity contribution in [2.45, 2.75) is 57.5 Å². The summed E-state index contributed by atoms with van der Waals surface area (Å²) in [7, 11) is 0. The van der Waals surface area contributed by atoms with Crippen molar-refractivity contribution in [3.63, 3.8) is 0 Å². The number of rotatable bonds is 7. The number of nitrogens with two attached hydrogens (primary N) is 1. The van der Waals surface area contributed by atoms with E-state index in [2.05, 4.69) is 22.4 Å². The van der Waals surface area contributed by atoms with E-state index in [-0.39, 0.29) is 41.5 Å². The van der Waals surface area contributed by atoms with Gasteiger partial charge in [0.2, 0.25) is 5.91 Å². The Morgan fingerprint density at radius 3 is 2.81 bits per heavy atom. The number of H-pyrrole nitrogens is 1. The number of aromatic amines is 1. The number of unbranched alkanes of at least 4 members (excludes halogenated alkanes) is 1. The van der Waals surface area contributed by atoms with Gasteiger partial charge < -0.3 is 16.0 Å². The van der Waals surface area contributed by atoms with Crippen LogP contribution in [-0.2, 0) is 4.79 Å². The van der Waals surface area contributed by atoms with Crippen molar-refractivity contribution in [2.75, 3.05) is 13.1 Å². The Balaban J connectivity index is 0.00000338. The van der Waals surface area contributed by atoms with E-state index < -0.39 is 6.04 Å². The van der Waals surface area contributed by atoms with Crippen LogP contribution in [0.4, 0.5) is 0 Å². The van der Waals surface area contributed by atoms with Gasteiger partial charge in [0.15, 0.2) is 0 Å². The lowest BCUT2D eigenvalue weighted by atomic mass is 10.00. The first-order valence-electron chi connectivity index (χ1n) is 8.94. The summed E-state index contributed by atoms with van der Waals surface area (Å²) in [6, 6.07) is 2.05. The van der Waals surface area contributed by atoms with Gasteiger partial charge in [-0.25, -0.2) is 5.10 Å². The molecule has 1 saturated heterocycles. The zero-order valence-corrected chi connectivity index (χ0v) is 15.9. The fourth-order valence-corrected chi connectivity index (χ4v) is 3.05. The lowest BCUT2D eigenvalue weighted by Gasteiger charge is -2.35. The maximum atomic E-state index is 12.7. The molecule has 2 atom stereocenters. The smallest absolute Gasteiger partial charge is 0.274 e. The summed E-state index contributed by atoms with van der Waals surface area (Å²) in [4.78, 5) is 38.0. The number of amides is 2. The Kier molecular flexibility index (Phi) is 9.29. The number of carbonyl (C=O) groups excluding carboxylic acids is 2. The van der Waals surface area contributed by atoms with Crippen molar-refractivity contribution >= 4 is 24.2 Å². The zero-order chi connectivity index (χ0) is 18.2. The Labute approximate surface area is 159 Å². The molecule has 2 rings (SSSR count). The van der Waals surface area contributed by atoms with Gasteiger partial charge in [0, 0.05) is 25.2 Å². The minimum absolute atomic E-state index is 0. The summed E-state index contributed by atoms with van der Waals surface area (Å²) in [5.41, 5.74) is 5.52. The van der Waals surface area contributed by atoms with Gasteiger partial charge in [0.05, 0.1) is 0 Å². The third-order valence-electron chi connectivity index (χ3n) is 4.50. The van der Waals surface area contributed by atoms with Gasteiger partial charge in [0.1, 0.15) is 11.7 Å². The highest BCUT2D eigenvalue weighted by molar-refractivity contribution is 5.96. The summed E-state index contributed by atoms with van der Waals surface area (Å²) < 4.78 is 0. The molecule has 1 aromatic heterocycles. The number of carbonyl (C=O) groups is 2. The first-order valence-corrected chi connectivity index (χ1v) is 8.94. The average molecular weight is 386 g/mol. The third-order valence-corrected chi connectivity index (χ3v) is 4.50. The fourth-order valence-electron chi connectivity index (χ4n) is 3.05. The van der Waals surface area contributed by atoms with Gasteiger partial charge in [-0.1, -0.05) is 19.8 Å². The van der Waals surface area contributed by atoms with E-state index in [9.17, 15) is 14.4 Å². The summed E-state index contributed by atoms with van der Waals surface area (Å²) in [6.45, 7) is 2.97. The topological polar surface area (TPSA) is 121 Å². The number of nitrogens with one attached hydrogen (secondary N) is 2. The zero-order valence-electron chi connectivity index (χ0n) is 15.1. The van der Waals surface area contributed by atoms with Gasteiger partial charge in [-0.2, -0.15) is 5.10 Å². The number of hydrogen-bond acceptors (Lipinski definition) is 5. The van der Waals surface area contributed by atoms with E-state index in [0.29, 0.717) is 19.5 Å². The van der Waals surface area contributed by atoms with Crippen molar-refractivity contribution in [2.24, 2.45) is 5.73 Å². The van der Waals surface area contributed by atoms with Gasteiger partial charge >= 0.3 is 0 Å². The molecule has 1 fully saturated rings. The van der Waals surface area contributed by atoms with Crippen LogP contribution in [0.1, 0.15) is 55.9 Å². The molecule has 26 heavy (non-hydrogen) atoms. The Hall–Kier alpha value is -1.93. The predicted octanol–water partition coefficient (Wildman–Crippen LogP) is 0.820. The molecule has 4 N–H and O–H groups in total. The minimum atomic E-state index is -0.523. The van der Waals surface area contributed by atoms with Crippen LogP contribution in [0, 0.1) is 0 Å². The molecule has 146 valence electrons. The second-order valence-corrected chi connectivity index (χ2v) is 6.40. The van der Waals surface area contributed by atoms with Crippen LogP contribution in [0.15, 0.2) is 16.9 Å². The van der Waals surface area contributed by atoms with Crippen molar-refractivity contribution in [1.82, 2.24) is 20.4 Å². The molecule has 2 amide bonds. The quantitative estimate of drug-likeness (QED) is 0.641. The predicted molar refractivity (Wildman–Crippen MR) is 101 cm³/mol. The number of halogens is 1. The highest BCUT2D eigenvalue weighted by Gasteiger charge is 2.33. The molecule has 2 heterocycles. The maximum absolute atomic E-state index is 12.7. The number of hydrogen-bond donors (Lipinski definition) is 3. The molecular formula is C17H28ClN5O3. The minimum Gasteiger partial charge on any atom is -0.350 e. The molecule has 0 aliphatic carbocycles. The maximum Gasteiger partial charge on any atom is 0.274 e. The summed E-state index contributed by atoms with van der Waals surface area (Å²) in [5, 5.41) is 9.02.